The molecule has 0 fully saturated rings. The second-order valence-corrected chi connectivity index (χ2v) is 5.53. The van der Waals surface area contributed by atoms with E-state index >= 15 is 0 Å². The van der Waals surface area contributed by atoms with Gasteiger partial charge in [0.2, 0.25) is 0 Å². The van der Waals surface area contributed by atoms with Crippen molar-refractivity contribution >= 4 is 34.8 Å². The lowest BCUT2D eigenvalue weighted by atomic mass is 10.0. The van der Waals surface area contributed by atoms with Gasteiger partial charge in [-0.25, -0.2) is 0 Å². The lowest BCUT2D eigenvalue weighted by Crippen LogP contribution is -2.10. The Labute approximate surface area is 139 Å². The number of alkyl halides is 3. The highest BCUT2D eigenvalue weighted by molar-refractivity contribution is 6.44. The monoisotopic (exact) mass is 364 g/mol. The zero-order valence-corrected chi connectivity index (χ0v) is 12.9. The van der Waals surface area contributed by atoms with Crippen molar-refractivity contribution < 1.29 is 13.2 Å². The molecule has 0 bridgehead atoms. The number of nitrogens with zero attached hydrogens (tertiary/aromatic N) is 2. The van der Waals surface area contributed by atoms with Gasteiger partial charge in [0.1, 0.15) is 0 Å². The average Bonchev–Trinajstić information content (AvgIpc) is 2.42. The average molecular weight is 366 g/mol. The van der Waals surface area contributed by atoms with E-state index in [2.05, 4.69) is 4.98 Å². The van der Waals surface area contributed by atoms with Gasteiger partial charge in [0, 0.05) is 11.8 Å². The van der Waals surface area contributed by atoms with E-state index in [1.54, 1.807) is 6.07 Å². The number of aromatic nitrogens is 1. The van der Waals surface area contributed by atoms with Crippen molar-refractivity contribution in [3.63, 3.8) is 0 Å². The second kappa shape index (κ2) is 6.33. The Hall–Kier alpha value is -1.48. The van der Waals surface area contributed by atoms with Crippen LogP contribution in [0.2, 0.25) is 15.1 Å². The van der Waals surface area contributed by atoms with Crippen LogP contribution in [0.15, 0.2) is 24.4 Å². The van der Waals surface area contributed by atoms with Crippen LogP contribution in [0.4, 0.5) is 13.2 Å². The van der Waals surface area contributed by atoms with Crippen LogP contribution in [0.25, 0.3) is 11.3 Å². The quantitative estimate of drug-likeness (QED) is 0.631. The molecule has 0 saturated carbocycles. The van der Waals surface area contributed by atoms with Gasteiger partial charge in [0.25, 0.3) is 0 Å². The fourth-order valence-electron chi connectivity index (χ4n) is 1.85. The van der Waals surface area contributed by atoms with E-state index in [0.29, 0.717) is 11.8 Å². The van der Waals surface area contributed by atoms with Crippen LogP contribution in [0, 0.1) is 11.3 Å². The normalized spacial score (nSPS) is 11.3. The standard InChI is InChI=1S/C14H6Cl3F3N2/c15-10-5-12(17)11(16)4-8(10)13-3-7(1-2-21)9(6-22-13)14(18,19)20/h3-6H,1H2. The molecule has 2 nitrogen and oxygen atoms in total. The van der Waals surface area contributed by atoms with Crippen LogP contribution in [0.1, 0.15) is 11.1 Å². The predicted octanol–water partition coefficient (Wildman–Crippen LogP) is 5.79. The first-order valence-electron chi connectivity index (χ1n) is 5.82. The molecule has 22 heavy (non-hydrogen) atoms. The molecule has 0 radical (unpaired) electrons. The number of hydrogen-bond acceptors (Lipinski definition) is 2. The van der Waals surface area contributed by atoms with E-state index in [1.165, 1.54) is 18.2 Å². The maximum Gasteiger partial charge on any atom is 0.418 e. The summed E-state index contributed by atoms with van der Waals surface area (Å²) >= 11 is 17.7. The SMILES string of the molecule is N#CCc1cc(-c2cc(Cl)c(Cl)cc2Cl)ncc1C(F)(F)F. The van der Waals surface area contributed by atoms with Crippen LogP contribution in [-0.2, 0) is 12.6 Å². The Morgan fingerprint density at radius 1 is 1.05 bits per heavy atom. The first-order valence-corrected chi connectivity index (χ1v) is 6.95. The Morgan fingerprint density at radius 3 is 2.27 bits per heavy atom. The second-order valence-electron chi connectivity index (χ2n) is 4.31. The van der Waals surface area contributed by atoms with Crippen molar-refractivity contribution in [2.45, 2.75) is 12.6 Å². The van der Waals surface area contributed by atoms with Crippen LogP contribution in [0.3, 0.4) is 0 Å². The number of nitriles is 1. The summed E-state index contributed by atoms with van der Waals surface area (Å²) in [5, 5.41) is 9.32. The molecule has 1 aromatic carbocycles. The van der Waals surface area contributed by atoms with Gasteiger partial charge in [0.15, 0.2) is 0 Å². The molecule has 2 rings (SSSR count). The molecule has 114 valence electrons. The third-order valence-electron chi connectivity index (χ3n) is 2.85. The van der Waals surface area contributed by atoms with Crippen LogP contribution in [-0.4, -0.2) is 4.98 Å². The third kappa shape index (κ3) is 3.46. The summed E-state index contributed by atoms with van der Waals surface area (Å²) in [6, 6.07) is 5.67. The summed E-state index contributed by atoms with van der Waals surface area (Å²) < 4.78 is 38.7. The van der Waals surface area contributed by atoms with E-state index in [9.17, 15) is 13.2 Å². The van der Waals surface area contributed by atoms with Gasteiger partial charge >= 0.3 is 6.18 Å². The number of benzene rings is 1. The fraction of sp³-hybridized carbons (Fsp3) is 0.143. The van der Waals surface area contributed by atoms with Crippen molar-refractivity contribution in [1.82, 2.24) is 4.98 Å². The van der Waals surface area contributed by atoms with Gasteiger partial charge in [-0.1, -0.05) is 34.8 Å². The highest BCUT2D eigenvalue weighted by atomic mass is 35.5. The molecule has 0 N–H and O–H groups in total. The lowest BCUT2D eigenvalue weighted by Gasteiger charge is -2.13. The summed E-state index contributed by atoms with van der Waals surface area (Å²) in [5.74, 6) is 0. The molecule has 1 heterocycles. The summed E-state index contributed by atoms with van der Waals surface area (Å²) in [7, 11) is 0. The van der Waals surface area contributed by atoms with Crippen LogP contribution >= 0.6 is 34.8 Å². The van der Waals surface area contributed by atoms with Crippen molar-refractivity contribution in [1.29, 1.82) is 5.26 Å². The van der Waals surface area contributed by atoms with Gasteiger partial charge in [-0.15, -0.1) is 0 Å². The van der Waals surface area contributed by atoms with Gasteiger partial charge < -0.3 is 0 Å². The smallest absolute Gasteiger partial charge is 0.256 e. The lowest BCUT2D eigenvalue weighted by molar-refractivity contribution is -0.138. The Bertz CT molecular complexity index is 767. The molecule has 0 aliphatic carbocycles. The maximum atomic E-state index is 12.9. The highest BCUT2D eigenvalue weighted by Gasteiger charge is 2.34. The topological polar surface area (TPSA) is 36.7 Å². The number of halogens is 6. The first-order chi connectivity index (χ1) is 10.2. The molecule has 0 amide bonds. The van der Waals surface area contributed by atoms with E-state index in [-0.39, 0.29) is 26.3 Å². The molecule has 2 aromatic rings. The molecule has 0 unspecified atom stereocenters. The van der Waals surface area contributed by atoms with E-state index in [1.807, 2.05) is 0 Å². The summed E-state index contributed by atoms with van der Waals surface area (Å²) in [6.45, 7) is 0. The predicted molar refractivity (Wildman–Crippen MR) is 79.0 cm³/mol. The molecule has 0 saturated heterocycles. The Balaban J connectivity index is 2.61. The minimum Gasteiger partial charge on any atom is -0.256 e. The molecule has 0 aliphatic rings. The van der Waals surface area contributed by atoms with E-state index in [0.717, 1.165) is 0 Å². The largest absolute Gasteiger partial charge is 0.418 e. The third-order valence-corrected chi connectivity index (χ3v) is 3.89. The summed E-state index contributed by atoms with van der Waals surface area (Å²) in [6.07, 6.45) is -4.30. The van der Waals surface area contributed by atoms with Crippen molar-refractivity contribution in [2.75, 3.05) is 0 Å². The molecular formula is C14H6Cl3F3N2. The zero-order chi connectivity index (χ0) is 16.5. The molecule has 0 atom stereocenters. The van der Waals surface area contributed by atoms with Crippen LogP contribution in [0.5, 0.6) is 0 Å². The fourth-order valence-corrected chi connectivity index (χ4v) is 2.49. The number of hydrogen-bond donors (Lipinski definition) is 0. The molecule has 8 heteroatoms. The summed E-state index contributed by atoms with van der Waals surface area (Å²) in [4.78, 5) is 3.77. The van der Waals surface area contributed by atoms with Gasteiger partial charge in [0.05, 0.1) is 38.8 Å². The molecule has 0 spiro atoms. The zero-order valence-electron chi connectivity index (χ0n) is 10.7. The minimum absolute atomic E-state index is 0.179. The number of pyridine rings is 1. The minimum atomic E-state index is -4.58. The van der Waals surface area contributed by atoms with Crippen molar-refractivity contribution in [3.8, 4) is 17.3 Å². The Morgan fingerprint density at radius 2 is 1.68 bits per heavy atom. The number of rotatable bonds is 2. The van der Waals surface area contributed by atoms with Gasteiger partial charge in [-0.2, -0.15) is 18.4 Å². The van der Waals surface area contributed by atoms with Gasteiger partial charge in [-0.05, 0) is 23.8 Å². The maximum absolute atomic E-state index is 12.9. The molecule has 0 aliphatic heterocycles. The highest BCUT2D eigenvalue weighted by Crippen LogP contribution is 2.37. The van der Waals surface area contributed by atoms with E-state index in [4.69, 9.17) is 40.1 Å². The van der Waals surface area contributed by atoms with Crippen molar-refractivity contribution in [3.05, 3.63) is 50.6 Å². The summed E-state index contributed by atoms with van der Waals surface area (Å²) in [5.41, 5.74) is -0.609. The van der Waals surface area contributed by atoms with Crippen molar-refractivity contribution in [2.24, 2.45) is 0 Å². The van der Waals surface area contributed by atoms with Gasteiger partial charge in [-0.3, -0.25) is 4.98 Å². The Kier molecular flexibility index (Phi) is 4.86. The molecule has 1 aromatic heterocycles. The first kappa shape index (κ1) is 16.9. The molecular weight excluding hydrogens is 360 g/mol. The van der Waals surface area contributed by atoms with E-state index < -0.39 is 18.2 Å². The van der Waals surface area contributed by atoms with Crippen LogP contribution < -0.4 is 0 Å².